The van der Waals surface area contributed by atoms with Gasteiger partial charge in [-0.2, -0.15) is 0 Å². The van der Waals surface area contributed by atoms with Crippen LogP contribution in [-0.2, 0) is 0 Å². The van der Waals surface area contributed by atoms with E-state index in [1.54, 1.807) is 0 Å². The molecule has 4 nitrogen and oxygen atoms in total. The number of furan rings is 2. The number of hydrogen-bond donors (Lipinski definition) is 0. The quantitative estimate of drug-likeness (QED) is 0.180. The molecule has 4 heterocycles. The van der Waals surface area contributed by atoms with E-state index < -0.39 is 0 Å². The van der Waals surface area contributed by atoms with Gasteiger partial charge in [-0.3, -0.25) is 0 Å². The van der Waals surface area contributed by atoms with Crippen molar-refractivity contribution < 1.29 is 8.83 Å². The predicted octanol–water partition coefficient (Wildman–Crippen LogP) is 15.0. The van der Waals surface area contributed by atoms with Gasteiger partial charge in [0.2, 0.25) is 0 Å². The van der Waals surface area contributed by atoms with Gasteiger partial charge in [0.25, 0.3) is 0 Å². The zero-order valence-electron chi connectivity index (χ0n) is 31.2. The first-order valence-electron chi connectivity index (χ1n) is 19.7. The lowest BCUT2D eigenvalue weighted by Crippen LogP contribution is -1.93. The second-order valence-corrected chi connectivity index (χ2v) is 15.3. The Morgan fingerprint density at radius 1 is 0.276 bits per heavy atom. The van der Waals surface area contributed by atoms with Gasteiger partial charge in [-0.05, 0) is 107 Å². The number of rotatable bonds is 4. The van der Waals surface area contributed by atoms with Crippen LogP contribution in [-0.4, -0.2) is 9.13 Å². The molecule has 4 aromatic heterocycles. The first-order valence-corrected chi connectivity index (χ1v) is 19.7. The third-order valence-corrected chi connectivity index (χ3v) is 12.1. The van der Waals surface area contributed by atoms with Crippen molar-refractivity contribution in [1.29, 1.82) is 0 Å². The molecule has 0 bridgehead atoms. The van der Waals surface area contributed by atoms with Gasteiger partial charge in [0.05, 0.1) is 27.5 Å². The molecule has 13 rings (SSSR count). The van der Waals surface area contributed by atoms with Crippen molar-refractivity contribution in [3.63, 3.8) is 0 Å². The second-order valence-electron chi connectivity index (χ2n) is 15.3. The first-order chi connectivity index (χ1) is 28.7. The third kappa shape index (κ3) is 4.45. The largest absolute Gasteiger partial charge is 0.456 e. The Labute approximate surface area is 332 Å². The lowest BCUT2D eigenvalue weighted by atomic mass is 10.0. The molecule has 270 valence electrons. The van der Waals surface area contributed by atoms with E-state index in [0.29, 0.717) is 0 Å². The van der Waals surface area contributed by atoms with E-state index in [9.17, 15) is 0 Å². The van der Waals surface area contributed by atoms with Gasteiger partial charge in [-0.1, -0.05) is 109 Å². The summed E-state index contributed by atoms with van der Waals surface area (Å²) in [7, 11) is 0. The normalized spacial score (nSPS) is 12.1. The van der Waals surface area contributed by atoms with Crippen molar-refractivity contribution in [2.75, 3.05) is 0 Å². The monoisotopic (exact) mass is 740 g/mol. The SMILES string of the molecule is c1ccc(-c2ccc3c(c2)c2cc(-c4ccccc4)ccc2n3-c2ccc3oc4c(ccc5c4c4ccccc4n5-c4ccc5oc6ccccc6c5c4)c3c2)cc1. The van der Waals surface area contributed by atoms with Crippen LogP contribution in [0.4, 0.5) is 0 Å². The highest BCUT2D eigenvalue weighted by Crippen LogP contribution is 2.43. The van der Waals surface area contributed by atoms with Crippen LogP contribution >= 0.6 is 0 Å². The lowest BCUT2D eigenvalue weighted by Gasteiger charge is -2.09. The van der Waals surface area contributed by atoms with Crippen LogP contribution in [0.3, 0.4) is 0 Å². The molecular formula is C54H32N2O2. The van der Waals surface area contributed by atoms with Crippen LogP contribution in [0.5, 0.6) is 0 Å². The Morgan fingerprint density at radius 3 is 1.45 bits per heavy atom. The Kier molecular flexibility index (Phi) is 6.41. The molecule has 0 N–H and O–H groups in total. The minimum absolute atomic E-state index is 0.868. The number of hydrogen-bond acceptors (Lipinski definition) is 2. The molecule has 0 aliphatic heterocycles. The fourth-order valence-corrected chi connectivity index (χ4v) is 9.47. The molecule has 9 aromatic carbocycles. The van der Waals surface area contributed by atoms with Crippen molar-refractivity contribution >= 4 is 87.5 Å². The fraction of sp³-hybridized carbons (Fsp3) is 0. The maximum atomic E-state index is 6.88. The molecule has 0 amide bonds. The van der Waals surface area contributed by atoms with Gasteiger partial charge in [-0.25, -0.2) is 0 Å². The van der Waals surface area contributed by atoms with Gasteiger partial charge < -0.3 is 18.0 Å². The highest BCUT2D eigenvalue weighted by atomic mass is 16.3. The first kappa shape index (κ1) is 31.4. The predicted molar refractivity (Wildman–Crippen MR) is 241 cm³/mol. The van der Waals surface area contributed by atoms with Crippen molar-refractivity contribution in [3.8, 4) is 33.6 Å². The minimum Gasteiger partial charge on any atom is -0.456 e. The number of fused-ring (bicyclic) bond motifs is 13. The molecule has 0 radical (unpaired) electrons. The molecule has 0 spiro atoms. The highest BCUT2D eigenvalue weighted by Gasteiger charge is 2.21. The second kappa shape index (κ2) is 11.8. The summed E-state index contributed by atoms with van der Waals surface area (Å²) < 4.78 is 17.8. The molecule has 0 fully saturated rings. The number of para-hydroxylation sites is 2. The van der Waals surface area contributed by atoms with Crippen LogP contribution in [0.1, 0.15) is 0 Å². The third-order valence-electron chi connectivity index (χ3n) is 12.1. The molecular weight excluding hydrogens is 709 g/mol. The zero-order valence-corrected chi connectivity index (χ0v) is 31.2. The Balaban J connectivity index is 1.03. The fourth-order valence-electron chi connectivity index (χ4n) is 9.47. The van der Waals surface area contributed by atoms with Crippen molar-refractivity contribution in [2.45, 2.75) is 0 Å². The average Bonchev–Trinajstić information content (AvgIpc) is 4.03. The maximum Gasteiger partial charge on any atom is 0.145 e. The molecule has 58 heavy (non-hydrogen) atoms. The van der Waals surface area contributed by atoms with E-state index in [-0.39, 0.29) is 0 Å². The van der Waals surface area contributed by atoms with E-state index in [4.69, 9.17) is 8.83 Å². The molecule has 0 atom stereocenters. The molecule has 0 saturated carbocycles. The molecule has 0 saturated heterocycles. The maximum absolute atomic E-state index is 6.88. The topological polar surface area (TPSA) is 36.1 Å². The summed E-state index contributed by atoms with van der Waals surface area (Å²) in [6.45, 7) is 0. The molecule has 0 unspecified atom stereocenters. The standard InChI is InChI=1S/C54H32N2O2/c1-3-11-33(12-4-1)35-19-24-47-42(29-35)43-30-36(34-13-5-2-6-14-34)20-25-48(43)55(47)37-22-28-52-45(32-37)40-23-26-49-53(54(40)58-52)41-16-7-9-17-46(41)56(49)38-21-27-51-44(31-38)39-15-8-10-18-50(39)57-51/h1-32H. The summed E-state index contributed by atoms with van der Waals surface area (Å²) in [5.41, 5.74) is 15.1. The lowest BCUT2D eigenvalue weighted by molar-refractivity contribution is 0.669. The summed E-state index contributed by atoms with van der Waals surface area (Å²) in [4.78, 5) is 0. The van der Waals surface area contributed by atoms with Crippen LogP contribution in [0.2, 0.25) is 0 Å². The van der Waals surface area contributed by atoms with Gasteiger partial charge in [-0.15, -0.1) is 0 Å². The van der Waals surface area contributed by atoms with Crippen molar-refractivity contribution in [1.82, 2.24) is 9.13 Å². The van der Waals surface area contributed by atoms with Gasteiger partial charge in [0.1, 0.15) is 22.3 Å². The van der Waals surface area contributed by atoms with Crippen molar-refractivity contribution in [3.05, 3.63) is 194 Å². The van der Waals surface area contributed by atoms with E-state index in [0.717, 1.165) is 77.1 Å². The smallest absolute Gasteiger partial charge is 0.145 e. The van der Waals surface area contributed by atoms with E-state index in [1.165, 1.54) is 44.1 Å². The van der Waals surface area contributed by atoms with Gasteiger partial charge in [0, 0.05) is 49.1 Å². The van der Waals surface area contributed by atoms with Crippen LogP contribution in [0.25, 0.3) is 121 Å². The Morgan fingerprint density at radius 2 is 0.776 bits per heavy atom. The van der Waals surface area contributed by atoms with Gasteiger partial charge in [0.15, 0.2) is 0 Å². The number of benzene rings is 9. The minimum atomic E-state index is 0.868. The van der Waals surface area contributed by atoms with Crippen LogP contribution in [0, 0.1) is 0 Å². The van der Waals surface area contributed by atoms with Crippen LogP contribution in [0.15, 0.2) is 203 Å². The summed E-state index contributed by atoms with van der Waals surface area (Å²) >= 11 is 0. The van der Waals surface area contributed by atoms with E-state index in [1.807, 2.05) is 12.1 Å². The summed E-state index contributed by atoms with van der Waals surface area (Å²) in [5.74, 6) is 0. The average molecular weight is 741 g/mol. The molecule has 13 aromatic rings. The van der Waals surface area contributed by atoms with E-state index >= 15 is 0 Å². The Hall–Kier alpha value is -7.82. The van der Waals surface area contributed by atoms with E-state index in [2.05, 4.69) is 191 Å². The number of aromatic nitrogens is 2. The molecule has 0 aliphatic rings. The molecule has 4 heteroatoms. The summed E-state index contributed by atoms with van der Waals surface area (Å²) in [6.07, 6.45) is 0. The highest BCUT2D eigenvalue weighted by molar-refractivity contribution is 6.24. The number of nitrogens with zero attached hydrogens (tertiary/aromatic N) is 2. The zero-order chi connectivity index (χ0) is 37.9. The van der Waals surface area contributed by atoms with Crippen LogP contribution < -0.4 is 0 Å². The Bertz CT molecular complexity index is 3690. The summed E-state index contributed by atoms with van der Waals surface area (Å²) in [6, 6.07) is 69.6. The van der Waals surface area contributed by atoms with Crippen molar-refractivity contribution in [2.24, 2.45) is 0 Å². The summed E-state index contributed by atoms with van der Waals surface area (Å²) in [5, 5.41) is 9.13. The van der Waals surface area contributed by atoms with Gasteiger partial charge >= 0.3 is 0 Å². The molecule has 0 aliphatic carbocycles.